The third kappa shape index (κ3) is 6.08. The molecule has 0 aromatic heterocycles. The first-order valence-electron chi connectivity index (χ1n) is 6.11. The molecule has 1 aliphatic heterocycles. The summed E-state index contributed by atoms with van der Waals surface area (Å²) < 4.78 is 5.50. The molecule has 1 amide bonds. The number of hydrogen-bond donors (Lipinski definition) is 2. The van der Waals surface area contributed by atoms with Crippen molar-refractivity contribution in [1.29, 1.82) is 0 Å². The number of amides is 1. The summed E-state index contributed by atoms with van der Waals surface area (Å²) in [6.45, 7) is 8.09. The molecule has 2 N–H and O–H groups in total. The van der Waals surface area contributed by atoms with Crippen molar-refractivity contribution in [2.45, 2.75) is 51.7 Å². The van der Waals surface area contributed by atoms with Gasteiger partial charge < -0.3 is 15.4 Å². The standard InChI is InChI=1S/C12H24N2O2/c1-12(2,3)14-11(15)9-13-7-6-10-5-4-8-16-10/h10,13H,4-9H2,1-3H3,(H,14,15). The molecule has 0 aliphatic carbocycles. The maximum Gasteiger partial charge on any atom is 0.234 e. The second kappa shape index (κ2) is 6.21. The number of rotatable bonds is 5. The molecule has 1 unspecified atom stereocenters. The highest BCUT2D eigenvalue weighted by atomic mass is 16.5. The van der Waals surface area contributed by atoms with Gasteiger partial charge in [0.15, 0.2) is 0 Å². The molecule has 0 radical (unpaired) electrons. The SMILES string of the molecule is CC(C)(C)NC(=O)CNCCC1CCCO1. The zero-order valence-corrected chi connectivity index (χ0v) is 10.6. The van der Waals surface area contributed by atoms with Gasteiger partial charge in [-0.3, -0.25) is 4.79 Å². The first kappa shape index (κ1) is 13.5. The molecule has 0 saturated carbocycles. The second-order valence-electron chi connectivity index (χ2n) is 5.40. The van der Waals surface area contributed by atoms with Crippen LogP contribution in [0.5, 0.6) is 0 Å². The zero-order valence-electron chi connectivity index (χ0n) is 10.6. The molecule has 0 aromatic carbocycles. The van der Waals surface area contributed by atoms with E-state index in [0.717, 1.165) is 26.0 Å². The fourth-order valence-corrected chi connectivity index (χ4v) is 1.80. The summed E-state index contributed by atoms with van der Waals surface area (Å²) in [6, 6.07) is 0. The summed E-state index contributed by atoms with van der Waals surface area (Å²) in [5.41, 5.74) is -0.146. The number of carbonyl (C=O) groups excluding carboxylic acids is 1. The van der Waals surface area contributed by atoms with Gasteiger partial charge in [-0.25, -0.2) is 0 Å². The summed E-state index contributed by atoms with van der Waals surface area (Å²) in [4.78, 5) is 11.4. The van der Waals surface area contributed by atoms with Crippen molar-refractivity contribution in [2.75, 3.05) is 19.7 Å². The number of hydrogen-bond acceptors (Lipinski definition) is 3. The molecule has 0 bridgehead atoms. The lowest BCUT2D eigenvalue weighted by Gasteiger charge is -2.20. The average Bonchev–Trinajstić information content (AvgIpc) is 2.62. The molecule has 1 heterocycles. The Labute approximate surface area is 98.1 Å². The predicted molar refractivity (Wildman–Crippen MR) is 64.4 cm³/mol. The lowest BCUT2D eigenvalue weighted by Crippen LogP contribution is -2.45. The van der Waals surface area contributed by atoms with Crippen LogP contribution in [-0.4, -0.2) is 37.2 Å². The Morgan fingerprint density at radius 1 is 1.44 bits per heavy atom. The Balaban J connectivity index is 2.00. The first-order chi connectivity index (χ1) is 7.47. The zero-order chi connectivity index (χ0) is 12.0. The molecule has 94 valence electrons. The van der Waals surface area contributed by atoms with E-state index in [-0.39, 0.29) is 11.4 Å². The van der Waals surface area contributed by atoms with E-state index in [1.807, 2.05) is 20.8 Å². The lowest BCUT2D eigenvalue weighted by atomic mass is 10.1. The van der Waals surface area contributed by atoms with E-state index in [0.29, 0.717) is 12.6 Å². The number of ether oxygens (including phenoxy) is 1. The average molecular weight is 228 g/mol. The molecular formula is C12H24N2O2. The lowest BCUT2D eigenvalue weighted by molar-refractivity contribution is -0.121. The van der Waals surface area contributed by atoms with Crippen molar-refractivity contribution in [1.82, 2.24) is 10.6 Å². The molecule has 0 aromatic rings. The third-order valence-corrected chi connectivity index (χ3v) is 2.47. The summed E-state index contributed by atoms with van der Waals surface area (Å²) in [6.07, 6.45) is 3.74. The smallest absolute Gasteiger partial charge is 0.234 e. The van der Waals surface area contributed by atoms with E-state index in [4.69, 9.17) is 4.74 Å². The van der Waals surface area contributed by atoms with Crippen LogP contribution < -0.4 is 10.6 Å². The van der Waals surface area contributed by atoms with Gasteiger partial charge in [-0.2, -0.15) is 0 Å². The molecule has 1 atom stereocenters. The highest BCUT2D eigenvalue weighted by Crippen LogP contribution is 2.14. The molecule has 1 aliphatic rings. The molecule has 0 spiro atoms. The minimum Gasteiger partial charge on any atom is -0.378 e. The van der Waals surface area contributed by atoms with E-state index in [1.54, 1.807) is 0 Å². The fourth-order valence-electron chi connectivity index (χ4n) is 1.80. The van der Waals surface area contributed by atoms with E-state index in [9.17, 15) is 4.79 Å². The molecule has 4 nitrogen and oxygen atoms in total. The normalized spacial score (nSPS) is 21.1. The minimum atomic E-state index is -0.146. The van der Waals surface area contributed by atoms with Crippen LogP contribution in [-0.2, 0) is 9.53 Å². The maximum absolute atomic E-state index is 11.4. The van der Waals surface area contributed by atoms with E-state index in [2.05, 4.69) is 10.6 Å². The highest BCUT2D eigenvalue weighted by Gasteiger charge is 2.15. The van der Waals surface area contributed by atoms with Crippen molar-refractivity contribution >= 4 is 5.91 Å². The van der Waals surface area contributed by atoms with Gasteiger partial charge >= 0.3 is 0 Å². The van der Waals surface area contributed by atoms with E-state index >= 15 is 0 Å². The molecule has 1 fully saturated rings. The van der Waals surface area contributed by atoms with Crippen LogP contribution in [0.15, 0.2) is 0 Å². The van der Waals surface area contributed by atoms with Gasteiger partial charge in [0, 0.05) is 12.1 Å². The van der Waals surface area contributed by atoms with Gasteiger partial charge in [-0.15, -0.1) is 0 Å². The van der Waals surface area contributed by atoms with Gasteiger partial charge in [0.1, 0.15) is 0 Å². The second-order valence-corrected chi connectivity index (χ2v) is 5.40. The van der Waals surface area contributed by atoms with Gasteiger partial charge in [0.2, 0.25) is 5.91 Å². The number of carbonyl (C=O) groups is 1. The van der Waals surface area contributed by atoms with Crippen LogP contribution in [0.3, 0.4) is 0 Å². The summed E-state index contributed by atoms with van der Waals surface area (Å²) >= 11 is 0. The molecule has 16 heavy (non-hydrogen) atoms. The van der Waals surface area contributed by atoms with E-state index < -0.39 is 0 Å². The molecule has 4 heteroatoms. The van der Waals surface area contributed by atoms with Crippen LogP contribution in [0.4, 0.5) is 0 Å². The molecular weight excluding hydrogens is 204 g/mol. The van der Waals surface area contributed by atoms with Crippen LogP contribution in [0, 0.1) is 0 Å². The molecule has 1 rings (SSSR count). The predicted octanol–water partition coefficient (Wildman–Crippen LogP) is 1.06. The van der Waals surface area contributed by atoms with Crippen LogP contribution in [0.2, 0.25) is 0 Å². The number of nitrogens with one attached hydrogen (secondary N) is 2. The van der Waals surface area contributed by atoms with Crippen molar-refractivity contribution < 1.29 is 9.53 Å². The summed E-state index contributed by atoms with van der Waals surface area (Å²) in [5.74, 6) is 0.0554. The third-order valence-electron chi connectivity index (χ3n) is 2.47. The van der Waals surface area contributed by atoms with Gasteiger partial charge in [0.05, 0.1) is 12.6 Å². The van der Waals surface area contributed by atoms with Crippen molar-refractivity contribution in [2.24, 2.45) is 0 Å². The quantitative estimate of drug-likeness (QED) is 0.692. The topological polar surface area (TPSA) is 50.4 Å². The first-order valence-corrected chi connectivity index (χ1v) is 6.11. The molecule has 1 saturated heterocycles. The Hall–Kier alpha value is -0.610. The van der Waals surface area contributed by atoms with Crippen molar-refractivity contribution in [3.63, 3.8) is 0 Å². The Bertz CT molecular complexity index is 218. The van der Waals surface area contributed by atoms with Gasteiger partial charge in [-0.05, 0) is 46.6 Å². The van der Waals surface area contributed by atoms with Crippen LogP contribution in [0.1, 0.15) is 40.0 Å². The Morgan fingerprint density at radius 2 is 2.19 bits per heavy atom. The van der Waals surface area contributed by atoms with Crippen LogP contribution >= 0.6 is 0 Å². The van der Waals surface area contributed by atoms with Crippen molar-refractivity contribution in [3.05, 3.63) is 0 Å². The summed E-state index contributed by atoms with van der Waals surface area (Å²) in [7, 11) is 0. The Morgan fingerprint density at radius 3 is 2.75 bits per heavy atom. The highest BCUT2D eigenvalue weighted by molar-refractivity contribution is 5.78. The van der Waals surface area contributed by atoms with Crippen molar-refractivity contribution in [3.8, 4) is 0 Å². The Kier molecular flexibility index (Phi) is 5.22. The fraction of sp³-hybridized carbons (Fsp3) is 0.917. The van der Waals surface area contributed by atoms with E-state index in [1.165, 1.54) is 6.42 Å². The van der Waals surface area contributed by atoms with Crippen LogP contribution in [0.25, 0.3) is 0 Å². The maximum atomic E-state index is 11.4. The van der Waals surface area contributed by atoms with Gasteiger partial charge in [0.25, 0.3) is 0 Å². The minimum absolute atomic E-state index is 0.0554. The van der Waals surface area contributed by atoms with Gasteiger partial charge in [-0.1, -0.05) is 0 Å². The largest absolute Gasteiger partial charge is 0.378 e. The monoisotopic (exact) mass is 228 g/mol. The summed E-state index contributed by atoms with van der Waals surface area (Å²) in [5, 5.41) is 6.06.